The largest absolute Gasteiger partial charge is 0.324 e. The number of aromatic nitrogens is 3. The van der Waals surface area contributed by atoms with Crippen LogP contribution in [0.25, 0.3) is 0 Å². The zero-order chi connectivity index (χ0) is 26.0. The fourth-order valence-corrected chi connectivity index (χ4v) is 6.34. The SMILES string of the molecule is CCS(=O)(CC)=Nc1cccc(Nc2nc(Nc3cc4c5c(c3)CN(C)CC5CCC4)ncc2C#N)n1. The quantitative estimate of drug-likeness (QED) is 0.438. The van der Waals surface area contributed by atoms with E-state index in [0.29, 0.717) is 46.4 Å². The molecule has 1 aliphatic carbocycles. The zero-order valence-corrected chi connectivity index (χ0v) is 22.3. The molecule has 2 aliphatic rings. The van der Waals surface area contributed by atoms with Crippen molar-refractivity contribution < 1.29 is 4.21 Å². The number of hydrogen-bond acceptors (Lipinski definition) is 9. The van der Waals surface area contributed by atoms with Crippen LogP contribution in [0.3, 0.4) is 0 Å². The maximum atomic E-state index is 12.8. The predicted molar refractivity (Wildman–Crippen MR) is 147 cm³/mol. The minimum Gasteiger partial charge on any atom is -0.324 e. The lowest BCUT2D eigenvalue weighted by Gasteiger charge is -2.37. The van der Waals surface area contributed by atoms with Gasteiger partial charge in [-0.05, 0) is 73.2 Å². The Hall–Kier alpha value is -3.55. The summed E-state index contributed by atoms with van der Waals surface area (Å²) in [6.45, 7) is 5.78. The van der Waals surface area contributed by atoms with Crippen molar-refractivity contribution in [3.8, 4) is 6.07 Å². The Balaban J connectivity index is 1.43. The standard InChI is InChI=1S/C27H32N8OS/c1-4-37(36,5-2)34-24-11-7-10-23(31-24)32-26-21(14-28)15-29-27(33-26)30-22-12-18-8-6-9-19-16-35(3)17-20(13-22)25(18)19/h7,10-13,15,19H,4-6,8-9,16-17H2,1-3H3,(H2,29,30,31,32,33). The molecule has 0 amide bonds. The molecule has 1 unspecified atom stereocenters. The number of aryl methyl sites for hydroxylation is 1. The Morgan fingerprint density at radius 2 is 2.00 bits per heavy atom. The number of hydrogen-bond donors (Lipinski definition) is 2. The van der Waals surface area contributed by atoms with Crippen LogP contribution in [0.15, 0.2) is 40.9 Å². The Morgan fingerprint density at radius 3 is 2.78 bits per heavy atom. The Bertz CT molecular complexity index is 1480. The maximum absolute atomic E-state index is 12.8. The van der Waals surface area contributed by atoms with Gasteiger partial charge in [-0.1, -0.05) is 19.9 Å². The molecule has 0 saturated carbocycles. The lowest BCUT2D eigenvalue weighted by atomic mass is 9.77. The van der Waals surface area contributed by atoms with Crippen molar-refractivity contribution >= 4 is 38.8 Å². The third-order valence-corrected chi connectivity index (χ3v) is 9.36. The van der Waals surface area contributed by atoms with Gasteiger partial charge in [0.2, 0.25) is 5.95 Å². The fourth-order valence-electron chi connectivity index (χ4n) is 5.23. The minimum absolute atomic E-state index is 0.297. The molecule has 0 radical (unpaired) electrons. The van der Waals surface area contributed by atoms with Gasteiger partial charge in [0.15, 0.2) is 11.6 Å². The number of anilines is 4. The summed E-state index contributed by atoms with van der Waals surface area (Å²) in [5, 5.41) is 16.1. The van der Waals surface area contributed by atoms with E-state index < -0.39 is 9.73 Å². The number of nitrogens with one attached hydrogen (secondary N) is 2. The van der Waals surface area contributed by atoms with Crippen molar-refractivity contribution in [2.75, 3.05) is 35.7 Å². The molecule has 0 spiro atoms. The van der Waals surface area contributed by atoms with Gasteiger partial charge in [0, 0.05) is 30.3 Å². The smallest absolute Gasteiger partial charge is 0.229 e. The number of likely N-dealkylation sites (N-methyl/N-ethyl adjacent to an activating group) is 1. The lowest BCUT2D eigenvalue weighted by Crippen LogP contribution is -2.33. The minimum atomic E-state index is -2.33. The third-order valence-electron chi connectivity index (χ3n) is 7.04. The van der Waals surface area contributed by atoms with Gasteiger partial charge in [-0.3, -0.25) is 0 Å². The summed E-state index contributed by atoms with van der Waals surface area (Å²) in [7, 11) is -0.155. The van der Waals surface area contributed by atoms with E-state index in [1.54, 1.807) is 18.2 Å². The second kappa shape index (κ2) is 10.4. The van der Waals surface area contributed by atoms with Crippen LogP contribution < -0.4 is 10.6 Å². The van der Waals surface area contributed by atoms with Gasteiger partial charge in [0.05, 0.1) is 15.9 Å². The van der Waals surface area contributed by atoms with E-state index in [0.717, 1.165) is 25.2 Å². The molecule has 9 nitrogen and oxygen atoms in total. The van der Waals surface area contributed by atoms with Crippen LogP contribution in [0.1, 0.15) is 54.9 Å². The van der Waals surface area contributed by atoms with Crippen LogP contribution in [0, 0.1) is 11.3 Å². The molecule has 1 aromatic carbocycles. The molecule has 5 rings (SSSR count). The zero-order valence-electron chi connectivity index (χ0n) is 21.5. The van der Waals surface area contributed by atoms with Gasteiger partial charge in [0.25, 0.3) is 0 Å². The van der Waals surface area contributed by atoms with Gasteiger partial charge in [-0.25, -0.2) is 14.2 Å². The second-order valence-electron chi connectivity index (χ2n) is 9.63. The molecule has 1 atom stereocenters. The first-order chi connectivity index (χ1) is 17.9. The summed E-state index contributed by atoms with van der Waals surface area (Å²) in [4.78, 5) is 15.8. The van der Waals surface area contributed by atoms with E-state index in [1.807, 2.05) is 13.8 Å². The van der Waals surface area contributed by atoms with E-state index in [-0.39, 0.29) is 0 Å². The summed E-state index contributed by atoms with van der Waals surface area (Å²) >= 11 is 0. The van der Waals surface area contributed by atoms with Crippen LogP contribution in [-0.2, 0) is 22.7 Å². The molecule has 0 saturated heterocycles. The highest BCUT2D eigenvalue weighted by atomic mass is 32.2. The summed E-state index contributed by atoms with van der Waals surface area (Å²) in [6.07, 6.45) is 5.05. The third kappa shape index (κ3) is 5.43. The number of nitrogens with zero attached hydrogens (tertiary/aromatic N) is 6. The fraction of sp³-hybridized carbons (Fsp3) is 0.407. The number of pyridine rings is 1. The molecule has 0 bridgehead atoms. The van der Waals surface area contributed by atoms with Gasteiger partial charge in [0.1, 0.15) is 17.5 Å². The lowest BCUT2D eigenvalue weighted by molar-refractivity contribution is 0.266. The summed E-state index contributed by atoms with van der Waals surface area (Å²) in [5.41, 5.74) is 5.56. The van der Waals surface area contributed by atoms with Crippen molar-refractivity contribution in [1.29, 1.82) is 5.26 Å². The number of benzene rings is 1. The summed E-state index contributed by atoms with van der Waals surface area (Å²) in [6, 6.07) is 11.8. The molecule has 2 aromatic heterocycles. The van der Waals surface area contributed by atoms with Crippen molar-refractivity contribution in [3.63, 3.8) is 0 Å². The van der Waals surface area contributed by atoms with Crippen LogP contribution in [-0.4, -0.2) is 49.2 Å². The van der Waals surface area contributed by atoms with Crippen molar-refractivity contribution in [2.24, 2.45) is 4.36 Å². The normalized spacial score (nSPS) is 17.0. The van der Waals surface area contributed by atoms with E-state index in [9.17, 15) is 9.47 Å². The Morgan fingerprint density at radius 1 is 1.19 bits per heavy atom. The van der Waals surface area contributed by atoms with E-state index in [4.69, 9.17) is 0 Å². The Kier molecular flexibility index (Phi) is 7.09. The molecule has 3 heterocycles. The van der Waals surface area contributed by atoms with Gasteiger partial charge in [-0.15, -0.1) is 0 Å². The molecule has 37 heavy (non-hydrogen) atoms. The second-order valence-corrected chi connectivity index (χ2v) is 12.5. The van der Waals surface area contributed by atoms with E-state index in [2.05, 4.69) is 60.1 Å². The van der Waals surface area contributed by atoms with Crippen LogP contribution in [0.2, 0.25) is 0 Å². The summed E-state index contributed by atoms with van der Waals surface area (Å²) in [5.74, 6) is 3.13. The number of rotatable bonds is 7. The highest BCUT2D eigenvalue weighted by Gasteiger charge is 2.29. The van der Waals surface area contributed by atoms with Gasteiger partial charge >= 0.3 is 0 Å². The first-order valence-corrected chi connectivity index (χ1v) is 14.6. The molecule has 0 fully saturated rings. The molecule has 192 valence electrons. The average Bonchev–Trinajstić information content (AvgIpc) is 2.89. The van der Waals surface area contributed by atoms with Crippen LogP contribution >= 0.6 is 0 Å². The van der Waals surface area contributed by atoms with Gasteiger partial charge in [-0.2, -0.15) is 14.6 Å². The molecular formula is C27H32N8OS. The highest BCUT2D eigenvalue weighted by Crippen LogP contribution is 2.40. The van der Waals surface area contributed by atoms with Crippen molar-refractivity contribution in [2.45, 2.75) is 45.6 Å². The number of nitriles is 1. The van der Waals surface area contributed by atoms with Crippen molar-refractivity contribution in [3.05, 3.63) is 58.8 Å². The molecule has 3 aromatic rings. The maximum Gasteiger partial charge on any atom is 0.229 e. The van der Waals surface area contributed by atoms with Crippen molar-refractivity contribution in [1.82, 2.24) is 19.9 Å². The van der Waals surface area contributed by atoms with Crippen LogP contribution in [0.5, 0.6) is 0 Å². The Labute approximate surface area is 218 Å². The molecule has 1 aliphatic heterocycles. The highest BCUT2D eigenvalue weighted by molar-refractivity contribution is 7.93. The first kappa shape index (κ1) is 25.1. The van der Waals surface area contributed by atoms with Gasteiger partial charge < -0.3 is 15.5 Å². The van der Waals surface area contributed by atoms with Crippen LogP contribution in [0.4, 0.5) is 29.1 Å². The average molecular weight is 517 g/mol. The van der Waals surface area contributed by atoms with E-state index >= 15 is 0 Å². The molecular weight excluding hydrogens is 484 g/mol. The predicted octanol–water partition coefficient (Wildman–Crippen LogP) is 5.24. The summed E-state index contributed by atoms with van der Waals surface area (Å²) < 4.78 is 17.1. The molecule has 2 N–H and O–H groups in total. The topological polar surface area (TPSA) is 119 Å². The van der Waals surface area contributed by atoms with E-state index in [1.165, 1.54) is 35.7 Å². The molecule has 10 heteroatoms. The monoisotopic (exact) mass is 516 g/mol. The first-order valence-electron chi connectivity index (χ1n) is 12.7.